The highest BCUT2D eigenvalue weighted by molar-refractivity contribution is 7.86. The predicted octanol–water partition coefficient (Wildman–Crippen LogP) is 4.17. The van der Waals surface area contributed by atoms with Gasteiger partial charge in [0.15, 0.2) is 17.0 Å². The molecule has 22 heteroatoms. The molecular formula is C16H18F17IO3S. The Morgan fingerprint density at radius 3 is 0.816 bits per heavy atom. The van der Waals surface area contributed by atoms with E-state index in [-0.39, 0.29) is 0 Å². The summed E-state index contributed by atoms with van der Waals surface area (Å²) in [5.74, 6) is -52.1. The third kappa shape index (κ3) is 7.01. The Hall–Kier alpha value is -0.550. The molecule has 0 fully saturated rings. The molecule has 0 aliphatic carbocycles. The highest BCUT2D eigenvalue weighted by atomic mass is 127. The molecule has 0 radical (unpaired) electrons. The number of rotatable bonds is 7. The molecule has 0 aliphatic heterocycles. The van der Waals surface area contributed by atoms with Crippen molar-refractivity contribution >= 4 is 10.1 Å². The Morgan fingerprint density at radius 2 is 0.658 bits per heavy atom. The fraction of sp³-hybridized carbons (Fsp3) is 1.00. The Balaban J connectivity index is 0. The van der Waals surface area contributed by atoms with Crippen LogP contribution in [0.5, 0.6) is 0 Å². The molecule has 3 nitrogen and oxygen atoms in total. The summed E-state index contributed by atoms with van der Waals surface area (Å²) in [6, 6.07) is 0. The van der Waals surface area contributed by atoms with E-state index in [4.69, 9.17) is 0 Å². The minimum absolute atomic E-state index is 0.338. The number of hydrogen-bond donors (Lipinski definition) is 0. The first-order chi connectivity index (χ1) is 15.7. The van der Waals surface area contributed by atoms with Gasteiger partial charge in [0, 0.05) is 0 Å². The summed E-state index contributed by atoms with van der Waals surface area (Å²) < 4.78 is 245. The van der Waals surface area contributed by atoms with Crippen LogP contribution in [0.25, 0.3) is 0 Å². The topological polar surface area (TPSA) is 57.2 Å². The Morgan fingerprint density at radius 1 is 0.447 bits per heavy atom. The lowest BCUT2D eigenvalue weighted by Crippen LogP contribution is -3.72. The summed E-state index contributed by atoms with van der Waals surface area (Å²) in [5, 5.41) is -7.95. The lowest BCUT2D eigenvalue weighted by atomic mass is 9.91. The largest absolute Gasteiger partial charge is 0.743 e. The zero-order valence-electron chi connectivity index (χ0n) is 19.4. The summed E-state index contributed by atoms with van der Waals surface area (Å²) in [4.78, 5) is 0. The van der Waals surface area contributed by atoms with Crippen LogP contribution >= 0.6 is 0 Å². The monoisotopic (exact) mass is 740 g/mol. The van der Waals surface area contributed by atoms with E-state index >= 15 is 0 Å². The van der Waals surface area contributed by atoms with Crippen molar-refractivity contribution in [1.29, 1.82) is 0 Å². The van der Waals surface area contributed by atoms with E-state index in [9.17, 15) is 87.6 Å². The number of halogens is 18. The second-order valence-electron chi connectivity index (χ2n) is 9.14. The highest BCUT2D eigenvalue weighted by Gasteiger charge is 2.95. The quantitative estimate of drug-likeness (QED) is 0.171. The molecule has 0 rings (SSSR count). The summed E-state index contributed by atoms with van der Waals surface area (Å²) >= 11 is 0.338. The Labute approximate surface area is 214 Å². The van der Waals surface area contributed by atoms with E-state index in [0.717, 1.165) is 0 Å². The van der Waals surface area contributed by atoms with Gasteiger partial charge in [-0.2, -0.15) is 74.6 Å². The van der Waals surface area contributed by atoms with Gasteiger partial charge < -0.3 is 4.55 Å². The maximum atomic E-state index is 13.0. The van der Waals surface area contributed by atoms with Gasteiger partial charge in [-0.25, -0.2) is 8.42 Å². The standard InChI is InChI=1S/C8HF17O3S.C8H18I/c9-1(10,3(13,14)5(17,18)7(21,22)23)2(11,12)4(15,16)6(19,20)8(24,25)29(26,27)28;1-7(2,3)9-8(4,5)6/h(H,26,27,28);1-6H3/q;+1/p-1. The summed E-state index contributed by atoms with van der Waals surface area (Å²) in [6.45, 7) is 14.0. The van der Waals surface area contributed by atoms with Crippen molar-refractivity contribution in [3.05, 3.63) is 0 Å². The van der Waals surface area contributed by atoms with Crippen molar-refractivity contribution in [2.75, 3.05) is 0 Å². The van der Waals surface area contributed by atoms with Gasteiger partial charge in [-0.3, -0.25) is 0 Å². The van der Waals surface area contributed by atoms with Crippen LogP contribution in [-0.4, -0.2) is 66.8 Å². The minimum Gasteiger partial charge on any atom is -0.743 e. The summed E-state index contributed by atoms with van der Waals surface area (Å²) in [7, 11) is -8.14. The van der Waals surface area contributed by atoms with E-state index in [2.05, 4.69) is 41.5 Å². The first kappa shape index (κ1) is 39.6. The molecule has 38 heavy (non-hydrogen) atoms. The lowest BCUT2D eigenvalue weighted by Gasteiger charge is -2.42. The van der Waals surface area contributed by atoms with Crippen LogP contribution in [0.4, 0.5) is 74.6 Å². The van der Waals surface area contributed by atoms with Gasteiger partial charge in [0.2, 0.25) is 0 Å². The molecule has 0 aromatic heterocycles. The maximum Gasteiger partial charge on any atom is 0.460 e. The van der Waals surface area contributed by atoms with Gasteiger partial charge in [-0.05, 0) is 41.5 Å². The second-order valence-corrected chi connectivity index (χ2v) is 17.6. The summed E-state index contributed by atoms with van der Waals surface area (Å²) in [5.41, 5.74) is 0. The predicted molar refractivity (Wildman–Crippen MR) is 89.9 cm³/mol. The average Bonchev–Trinajstić information content (AvgIpc) is 2.55. The van der Waals surface area contributed by atoms with Crippen LogP contribution in [0.1, 0.15) is 41.5 Å². The zero-order valence-corrected chi connectivity index (χ0v) is 22.4. The van der Waals surface area contributed by atoms with Crippen LogP contribution < -0.4 is 21.2 Å². The van der Waals surface area contributed by atoms with Crippen molar-refractivity contribution in [2.45, 2.75) is 95.4 Å². The first-order valence-corrected chi connectivity index (χ1v) is 12.6. The molecule has 0 heterocycles. The second kappa shape index (κ2) is 10.4. The van der Waals surface area contributed by atoms with Crippen molar-refractivity contribution in [2.24, 2.45) is 0 Å². The third-order valence-corrected chi connectivity index (χ3v) is 7.69. The van der Waals surface area contributed by atoms with Crippen molar-refractivity contribution < 1.29 is 109 Å². The van der Waals surface area contributed by atoms with Crippen molar-refractivity contribution in [1.82, 2.24) is 0 Å². The zero-order chi connectivity index (χ0) is 32.2. The molecule has 0 saturated heterocycles. The molecule has 232 valence electrons. The molecule has 0 aromatic rings. The Bertz CT molecular complexity index is 916. The fourth-order valence-electron chi connectivity index (χ4n) is 2.16. The van der Waals surface area contributed by atoms with Gasteiger partial charge in [0.05, 0.1) is 0 Å². The molecule has 0 aromatic carbocycles. The minimum atomic E-state index is -8.92. The first-order valence-electron chi connectivity index (χ1n) is 9.04. The normalized spacial score (nSPS) is 16.2. The van der Waals surface area contributed by atoms with Crippen molar-refractivity contribution in [3.63, 3.8) is 0 Å². The van der Waals surface area contributed by atoms with Crippen LogP contribution in [0.15, 0.2) is 0 Å². The number of alkyl halides is 19. The molecule has 0 amide bonds. The van der Waals surface area contributed by atoms with Gasteiger partial charge >= 0.3 is 47.0 Å². The van der Waals surface area contributed by atoms with E-state index in [1.165, 1.54) is 0 Å². The van der Waals surface area contributed by atoms with Gasteiger partial charge in [0.1, 0.15) is 0 Å². The highest BCUT2D eigenvalue weighted by Crippen LogP contribution is 2.64. The lowest BCUT2D eigenvalue weighted by molar-refractivity contribution is -0.772. The molecule has 0 bridgehead atoms. The number of hydrogen-bond acceptors (Lipinski definition) is 3. The molecule has 0 aliphatic rings. The molecule has 0 atom stereocenters. The van der Waals surface area contributed by atoms with E-state index in [1.807, 2.05) is 0 Å². The van der Waals surface area contributed by atoms with E-state index in [1.54, 1.807) is 0 Å². The van der Waals surface area contributed by atoms with Crippen LogP contribution in [0, 0.1) is 0 Å². The van der Waals surface area contributed by atoms with Gasteiger partial charge in [-0.1, -0.05) is 0 Å². The fourth-order valence-corrected chi connectivity index (χ4v) is 7.45. The SMILES string of the molecule is CC(C)(C)[I+]C(C)(C)C.O=S(=O)([O-])C(F)(F)C(F)(F)C(F)(F)C(F)(F)C(F)(F)C(F)(F)C(F)(F)C(F)(F)F. The average molecular weight is 740 g/mol. The summed E-state index contributed by atoms with van der Waals surface area (Å²) in [6.07, 6.45) is -7.89. The van der Waals surface area contributed by atoms with Gasteiger partial charge in [-0.15, -0.1) is 0 Å². The third-order valence-electron chi connectivity index (χ3n) is 3.57. The Kier molecular flexibility index (Phi) is 10.8. The van der Waals surface area contributed by atoms with Crippen molar-refractivity contribution in [3.8, 4) is 0 Å². The van der Waals surface area contributed by atoms with Crippen LogP contribution in [0.2, 0.25) is 0 Å². The molecular weight excluding hydrogens is 722 g/mol. The smallest absolute Gasteiger partial charge is 0.460 e. The molecule has 0 unspecified atom stereocenters. The molecule has 0 N–H and O–H groups in total. The molecule has 0 spiro atoms. The van der Waals surface area contributed by atoms with E-state index in [0.29, 0.717) is 28.0 Å². The van der Waals surface area contributed by atoms with E-state index < -0.39 is 57.1 Å². The maximum absolute atomic E-state index is 13.0. The van der Waals surface area contributed by atoms with Gasteiger partial charge in [0.25, 0.3) is 21.2 Å². The van der Waals surface area contributed by atoms with Crippen LogP contribution in [0.3, 0.4) is 0 Å². The molecule has 0 saturated carbocycles. The van der Waals surface area contributed by atoms with Crippen LogP contribution in [-0.2, 0) is 10.1 Å².